The standard InChI is InChI=1S/C20H20N2O6/c1-2-21-19(24)13-4-3-5-15(10-13)22-18(23)12-28-20(25)14-6-7-16-17(11-14)27-9-8-26-16/h3-7,10-11H,2,8-9,12H2,1H3,(H,21,24)(H,22,23). The van der Waals surface area contributed by atoms with Gasteiger partial charge >= 0.3 is 5.97 Å². The van der Waals surface area contributed by atoms with E-state index in [0.29, 0.717) is 42.5 Å². The van der Waals surface area contributed by atoms with Crippen molar-refractivity contribution in [1.29, 1.82) is 0 Å². The molecular weight excluding hydrogens is 364 g/mol. The molecule has 8 heteroatoms. The van der Waals surface area contributed by atoms with Crippen LogP contribution in [0.2, 0.25) is 0 Å². The Hall–Kier alpha value is -3.55. The third-order valence-corrected chi connectivity index (χ3v) is 3.86. The van der Waals surface area contributed by atoms with Crippen LogP contribution >= 0.6 is 0 Å². The van der Waals surface area contributed by atoms with E-state index >= 15 is 0 Å². The van der Waals surface area contributed by atoms with E-state index in [2.05, 4.69) is 10.6 Å². The minimum Gasteiger partial charge on any atom is -0.486 e. The van der Waals surface area contributed by atoms with Gasteiger partial charge in [0.2, 0.25) is 0 Å². The number of anilines is 1. The van der Waals surface area contributed by atoms with E-state index in [1.54, 1.807) is 36.4 Å². The molecule has 0 radical (unpaired) electrons. The number of fused-ring (bicyclic) bond motifs is 1. The predicted octanol–water partition coefficient (Wildman–Crippen LogP) is 2.00. The molecule has 0 unspecified atom stereocenters. The molecule has 0 bridgehead atoms. The molecule has 0 atom stereocenters. The van der Waals surface area contributed by atoms with Crippen LogP contribution in [0.5, 0.6) is 11.5 Å². The molecule has 8 nitrogen and oxygen atoms in total. The number of carbonyl (C=O) groups excluding carboxylic acids is 3. The summed E-state index contributed by atoms with van der Waals surface area (Å²) in [5.41, 5.74) is 1.12. The van der Waals surface area contributed by atoms with Crippen LogP contribution in [-0.2, 0) is 9.53 Å². The van der Waals surface area contributed by atoms with Gasteiger partial charge in [0.15, 0.2) is 18.1 Å². The van der Waals surface area contributed by atoms with Gasteiger partial charge in [0.05, 0.1) is 5.56 Å². The molecular formula is C20H20N2O6. The van der Waals surface area contributed by atoms with E-state index < -0.39 is 18.5 Å². The average molecular weight is 384 g/mol. The topological polar surface area (TPSA) is 103 Å². The van der Waals surface area contributed by atoms with Gasteiger partial charge in [-0.3, -0.25) is 9.59 Å². The Morgan fingerprint density at radius 1 is 1.00 bits per heavy atom. The molecule has 1 aliphatic rings. The largest absolute Gasteiger partial charge is 0.486 e. The molecule has 2 N–H and O–H groups in total. The Balaban J connectivity index is 1.55. The van der Waals surface area contributed by atoms with Gasteiger partial charge < -0.3 is 24.8 Å². The molecule has 1 aliphatic heterocycles. The number of benzene rings is 2. The van der Waals surface area contributed by atoms with Crippen LogP contribution < -0.4 is 20.1 Å². The van der Waals surface area contributed by atoms with E-state index in [0.717, 1.165) is 0 Å². The summed E-state index contributed by atoms with van der Waals surface area (Å²) in [6.07, 6.45) is 0. The van der Waals surface area contributed by atoms with E-state index in [9.17, 15) is 14.4 Å². The van der Waals surface area contributed by atoms with Crippen LogP contribution in [0.4, 0.5) is 5.69 Å². The minimum absolute atomic E-state index is 0.233. The average Bonchev–Trinajstić information content (AvgIpc) is 2.72. The Labute approximate surface area is 161 Å². The first-order chi connectivity index (χ1) is 13.6. The summed E-state index contributed by atoms with van der Waals surface area (Å²) < 4.78 is 15.9. The lowest BCUT2D eigenvalue weighted by molar-refractivity contribution is -0.119. The molecule has 0 aliphatic carbocycles. The van der Waals surface area contributed by atoms with Crippen LogP contribution in [0.3, 0.4) is 0 Å². The first-order valence-electron chi connectivity index (χ1n) is 8.81. The van der Waals surface area contributed by atoms with E-state index in [1.807, 2.05) is 6.92 Å². The zero-order valence-corrected chi connectivity index (χ0v) is 15.3. The van der Waals surface area contributed by atoms with Crippen molar-refractivity contribution in [2.75, 3.05) is 31.7 Å². The van der Waals surface area contributed by atoms with E-state index in [-0.39, 0.29) is 11.5 Å². The maximum atomic E-state index is 12.2. The monoisotopic (exact) mass is 384 g/mol. The number of rotatable bonds is 6. The van der Waals surface area contributed by atoms with Crippen molar-refractivity contribution in [3.8, 4) is 11.5 Å². The molecule has 0 aromatic heterocycles. The number of esters is 1. The second kappa shape index (κ2) is 8.90. The van der Waals surface area contributed by atoms with E-state index in [1.165, 1.54) is 6.07 Å². The number of nitrogens with one attached hydrogen (secondary N) is 2. The van der Waals surface area contributed by atoms with Gasteiger partial charge in [0.1, 0.15) is 13.2 Å². The summed E-state index contributed by atoms with van der Waals surface area (Å²) in [4.78, 5) is 36.0. The zero-order valence-electron chi connectivity index (χ0n) is 15.3. The Morgan fingerprint density at radius 3 is 2.57 bits per heavy atom. The Kier molecular flexibility index (Phi) is 6.11. The molecule has 0 spiro atoms. The number of amides is 2. The highest BCUT2D eigenvalue weighted by Gasteiger charge is 2.17. The summed E-state index contributed by atoms with van der Waals surface area (Å²) in [7, 11) is 0. The summed E-state index contributed by atoms with van der Waals surface area (Å²) in [6, 6.07) is 11.2. The first-order valence-corrected chi connectivity index (χ1v) is 8.81. The maximum Gasteiger partial charge on any atom is 0.338 e. The van der Waals surface area contributed by atoms with Crippen LogP contribution in [0.1, 0.15) is 27.6 Å². The van der Waals surface area contributed by atoms with Crippen molar-refractivity contribution in [2.45, 2.75) is 6.92 Å². The van der Waals surface area contributed by atoms with Gasteiger partial charge in [-0.15, -0.1) is 0 Å². The third-order valence-electron chi connectivity index (χ3n) is 3.86. The Morgan fingerprint density at radius 2 is 1.79 bits per heavy atom. The number of hydrogen-bond donors (Lipinski definition) is 2. The SMILES string of the molecule is CCNC(=O)c1cccc(NC(=O)COC(=O)c2ccc3c(c2)OCCO3)c1. The fourth-order valence-electron chi connectivity index (χ4n) is 2.58. The van der Waals surface area contributed by atoms with Crippen molar-refractivity contribution < 1.29 is 28.6 Å². The quantitative estimate of drug-likeness (QED) is 0.739. The van der Waals surface area contributed by atoms with Crippen LogP contribution in [0, 0.1) is 0 Å². The van der Waals surface area contributed by atoms with Crippen molar-refractivity contribution >= 4 is 23.5 Å². The van der Waals surface area contributed by atoms with Crippen molar-refractivity contribution in [3.63, 3.8) is 0 Å². The minimum atomic E-state index is -0.650. The molecule has 2 aromatic carbocycles. The summed E-state index contributed by atoms with van der Waals surface area (Å²) in [6.45, 7) is 2.73. The molecule has 2 amide bonds. The van der Waals surface area contributed by atoms with Crippen molar-refractivity contribution in [3.05, 3.63) is 53.6 Å². The lowest BCUT2D eigenvalue weighted by atomic mass is 10.2. The second-order valence-corrected chi connectivity index (χ2v) is 5.92. The van der Waals surface area contributed by atoms with E-state index in [4.69, 9.17) is 14.2 Å². The van der Waals surface area contributed by atoms with Gasteiger partial charge in [0, 0.05) is 17.8 Å². The van der Waals surface area contributed by atoms with Gasteiger partial charge in [0.25, 0.3) is 11.8 Å². The highest BCUT2D eigenvalue weighted by Crippen LogP contribution is 2.30. The molecule has 0 saturated heterocycles. The van der Waals surface area contributed by atoms with Gasteiger partial charge in [-0.05, 0) is 43.3 Å². The molecule has 146 valence electrons. The summed E-state index contributed by atoms with van der Waals surface area (Å²) in [5.74, 6) is -0.370. The van der Waals surface area contributed by atoms with Crippen LogP contribution in [0.25, 0.3) is 0 Å². The Bertz CT molecular complexity index is 896. The van der Waals surface area contributed by atoms with Crippen LogP contribution in [-0.4, -0.2) is 44.1 Å². The normalized spacial score (nSPS) is 12.0. The smallest absolute Gasteiger partial charge is 0.338 e. The van der Waals surface area contributed by atoms with Gasteiger partial charge in [-0.2, -0.15) is 0 Å². The molecule has 28 heavy (non-hydrogen) atoms. The van der Waals surface area contributed by atoms with Gasteiger partial charge in [-0.1, -0.05) is 6.07 Å². The fourth-order valence-corrected chi connectivity index (χ4v) is 2.58. The van der Waals surface area contributed by atoms with Crippen molar-refractivity contribution in [2.24, 2.45) is 0 Å². The third kappa shape index (κ3) is 4.79. The zero-order chi connectivity index (χ0) is 19.9. The van der Waals surface area contributed by atoms with Crippen LogP contribution in [0.15, 0.2) is 42.5 Å². The molecule has 1 heterocycles. The number of carbonyl (C=O) groups is 3. The summed E-state index contributed by atoms with van der Waals surface area (Å²) in [5, 5.41) is 5.28. The fraction of sp³-hybridized carbons (Fsp3) is 0.250. The lowest BCUT2D eigenvalue weighted by Crippen LogP contribution is -2.23. The number of hydrogen-bond acceptors (Lipinski definition) is 6. The highest BCUT2D eigenvalue weighted by molar-refractivity contribution is 5.98. The first kappa shape index (κ1) is 19.2. The lowest BCUT2D eigenvalue weighted by Gasteiger charge is -2.18. The molecule has 2 aromatic rings. The predicted molar refractivity (Wildman–Crippen MR) is 101 cm³/mol. The summed E-state index contributed by atoms with van der Waals surface area (Å²) >= 11 is 0. The number of ether oxygens (including phenoxy) is 3. The van der Waals surface area contributed by atoms with Crippen molar-refractivity contribution in [1.82, 2.24) is 5.32 Å². The molecule has 0 fully saturated rings. The second-order valence-electron chi connectivity index (χ2n) is 5.92. The molecule has 0 saturated carbocycles. The maximum absolute atomic E-state index is 12.2. The van der Waals surface area contributed by atoms with Gasteiger partial charge in [-0.25, -0.2) is 4.79 Å². The highest BCUT2D eigenvalue weighted by atomic mass is 16.6. The molecule has 3 rings (SSSR count).